The Bertz CT molecular complexity index is 1110. The lowest BCUT2D eigenvalue weighted by atomic mass is 9.80. The van der Waals surface area contributed by atoms with Gasteiger partial charge in [-0.15, -0.1) is 0 Å². The summed E-state index contributed by atoms with van der Waals surface area (Å²) in [6.07, 6.45) is -5.52. The van der Waals surface area contributed by atoms with E-state index in [4.69, 9.17) is 4.74 Å². The van der Waals surface area contributed by atoms with Crippen LogP contribution in [0.1, 0.15) is 18.4 Å². The fourth-order valence-electron chi connectivity index (χ4n) is 3.21. The van der Waals surface area contributed by atoms with E-state index in [1.165, 1.54) is 25.3 Å². The number of hydrogen-bond acceptors (Lipinski definition) is 7. The molecule has 1 atom stereocenters. The normalized spacial score (nSPS) is 16.2. The van der Waals surface area contributed by atoms with Gasteiger partial charge in [-0.2, -0.15) is 13.2 Å². The number of nitrogens with zero attached hydrogens (tertiary/aromatic N) is 1. The Balaban J connectivity index is 2.05. The minimum Gasteiger partial charge on any atom is -0.486 e. The van der Waals surface area contributed by atoms with Crippen molar-refractivity contribution in [3.8, 4) is 5.75 Å². The summed E-state index contributed by atoms with van der Waals surface area (Å²) < 4.78 is 77.2. The van der Waals surface area contributed by atoms with Crippen molar-refractivity contribution in [1.29, 1.82) is 0 Å². The Morgan fingerprint density at radius 3 is 2.59 bits per heavy atom. The Labute approximate surface area is 182 Å². The van der Waals surface area contributed by atoms with E-state index in [0.29, 0.717) is 6.07 Å². The second-order valence-electron chi connectivity index (χ2n) is 7.02. The zero-order valence-electron chi connectivity index (χ0n) is 16.7. The first kappa shape index (κ1) is 23.9. The third-order valence-corrected chi connectivity index (χ3v) is 6.64. The first-order valence-electron chi connectivity index (χ1n) is 9.37. The van der Waals surface area contributed by atoms with Gasteiger partial charge in [0.25, 0.3) is 10.0 Å². The lowest BCUT2D eigenvalue weighted by Gasteiger charge is -2.36. The van der Waals surface area contributed by atoms with E-state index in [0.717, 1.165) is 22.5 Å². The molecule has 0 aliphatic carbocycles. The third kappa shape index (κ3) is 5.00. The standard InChI is InChI=1S/C19H19BF3NO7S/c1-30-18(25)8-6-14-11-24(16-10-13(20(26)27)5-7-17(16)31-14)32(28,29)15-4-2-3-12(9-15)19(21,22)23/h2-5,7,9-10,14,26-27H,6,8,11H2,1H3/t14-/m0/s1. The Hall–Kier alpha value is -2.77. The molecule has 13 heteroatoms. The molecular weight excluding hydrogens is 454 g/mol. The maximum absolute atomic E-state index is 13.3. The summed E-state index contributed by atoms with van der Waals surface area (Å²) in [5.74, 6) is -0.475. The van der Waals surface area contributed by atoms with E-state index in [1.54, 1.807) is 0 Å². The van der Waals surface area contributed by atoms with Crippen LogP contribution < -0.4 is 14.5 Å². The second-order valence-corrected chi connectivity index (χ2v) is 8.88. The zero-order chi connectivity index (χ0) is 23.7. The number of rotatable bonds is 6. The van der Waals surface area contributed by atoms with Crippen LogP contribution in [0.4, 0.5) is 18.9 Å². The van der Waals surface area contributed by atoms with E-state index >= 15 is 0 Å². The molecule has 8 nitrogen and oxygen atoms in total. The van der Waals surface area contributed by atoms with Crippen LogP contribution in [0.3, 0.4) is 0 Å². The number of benzene rings is 2. The molecule has 172 valence electrons. The average molecular weight is 473 g/mol. The van der Waals surface area contributed by atoms with Crippen molar-refractivity contribution in [1.82, 2.24) is 0 Å². The summed E-state index contributed by atoms with van der Waals surface area (Å²) in [4.78, 5) is 10.9. The van der Waals surface area contributed by atoms with Crippen LogP contribution in [-0.2, 0) is 25.7 Å². The first-order chi connectivity index (χ1) is 14.9. The predicted octanol–water partition coefficient (Wildman–Crippen LogP) is 1.29. The van der Waals surface area contributed by atoms with E-state index < -0.39 is 45.9 Å². The molecule has 32 heavy (non-hydrogen) atoms. The third-order valence-electron chi connectivity index (χ3n) is 4.86. The zero-order valence-corrected chi connectivity index (χ0v) is 17.6. The highest BCUT2D eigenvalue weighted by Gasteiger charge is 2.37. The van der Waals surface area contributed by atoms with Gasteiger partial charge in [0.1, 0.15) is 11.9 Å². The van der Waals surface area contributed by atoms with Crippen molar-refractivity contribution in [2.24, 2.45) is 0 Å². The van der Waals surface area contributed by atoms with E-state index in [1.807, 2.05) is 0 Å². The van der Waals surface area contributed by atoms with Gasteiger partial charge >= 0.3 is 19.3 Å². The van der Waals surface area contributed by atoms with Gasteiger partial charge < -0.3 is 19.5 Å². The second kappa shape index (κ2) is 9.00. The van der Waals surface area contributed by atoms with Gasteiger partial charge in [-0.25, -0.2) is 8.42 Å². The molecule has 0 radical (unpaired) electrons. The number of carbonyl (C=O) groups is 1. The Kier molecular flexibility index (Phi) is 6.72. The number of anilines is 1. The highest BCUT2D eigenvalue weighted by atomic mass is 32.2. The molecule has 1 heterocycles. The van der Waals surface area contributed by atoms with Gasteiger partial charge in [0.2, 0.25) is 0 Å². The van der Waals surface area contributed by atoms with Gasteiger partial charge in [0.15, 0.2) is 0 Å². The molecule has 2 aromatic rings. The molecule has 0 amide bonds. The molecular formula is C19H19BF3NO7S. The van der Waals surface area contributed by atoms with E-state index in [2.05, 4.69) is 4.74 Å². The molecule has 0 fully saturated rings. The molecule has 0 saturated heterocycles. The minimum atomic E-state index is -4.74. The quantitative estimate of drug-likeness (QED) is 0.481. The van der Waals surface area contributed by atoms with Crippen LogP contribution >= 0.6 is 0 Å². The van der Waals surface area contributed by atoms with Crippen molar-refractivity contribution in [3.63, 3.8) is 0 Å². The molecule has 3 rings (SSSR count). The van der Waals surface area contributed by atoms with Crippen molar-refractivity contribution in [2.75, 3.05) is 18.0 Å². The average Bonchev–Trinajstić information content (AvgIpc) is 2.75. The molecule has 1 aliphatic heterocycles. The van der Waals surface area contributed by atoms with Crippen LogP contribution in [0.5, 0.6) is 5.75 Å². The Morgan fingerprint density at radius 2 is 1.97 bits per heavy atom. The number of fused-ring (bicyclic) bond motifs is 1. The molecule has 0 unspecified atom stereocenters. The molecule has 2 N–H and O–H groups in total. The molecule has 1 aliphatic rings. The van der Waals surface area contributed by atoms with Crippen LogP contribution in [0.25, 0.3) is 0 Å². The van der Waals surface area contributed by atoms with Crippen LogP contribution in [0, 0.1) is 0 Å². The van der Waals surface area contributed by atoms with Crippen molar-refractivity contribution < 1.29 is 45.9 Å². The number of sulfonamides is 1. The van der Waals surface area contributed by atoms with Gasteiger partial charge in [0.05, 0.1) is 29.8 Å². The fraction of sp³-hybridized carbons (Fsp3) is 0.316. The maximum atomic E-state index is 13.3. The van der Waals surface area contributed by atoms with Gasteiger partial charge in [0, 0.05) is 6.42 Å². The van der Waals surface area contributed by atoms with Crippen LogP contribution in [-0.4, -0.2) is 51.3 Å². The molecule has 0 spiro atoms. The highest BCUT2D eigenvalue weighted by molar-refractivity contribution is 7.92. The summed E-state index contributed by atoms with van der Waals surface area (Å²) in [7, 11) is -5.21. The van der Waals surface area contributed by atoms with Crippen molar-refractivity contribution >= 4 is 34.3 Å². The summed E-state index contributed by atoms with van der Waals surface area (Å²) in [6, 6.07) is 7.10. The first-order valence-corrected chi connectivity index (χ1v) is 10.8. The highest BCUT2D eigenvalue weighted by Crippen LogP contribution is 2.38. The van der Waals surface area contributed by atoms with Gasteiger partial charge in [-0.1, -0.05) is 12.1 Å². The SMILES string of the molecule is COC(=O)CC[C@H]1CN(S(=O)(=O)c2cccc(C(F)(F)F)c2)c2cc(B(O)O)ccc2O1. The number of halogens is 3. The lowest BCUT2D eigenvalue weighted by Crippen LogP contribution is -2.44. The number of alkyl halides is 3. The molecule has 0 saturated carbocycles. The summed E-state index contributed by atoms with van der Waals surface area (Å²) in [6.45, 7) is -0.312. The van der Waals surface area contributed by atoms with Crippen molar-refractivity contribution in [2.45, 2.75) is 30.0 Å². The number of esters is 1. The van der Waals surface area contributed by atoms with E-state index in [-0.39, 0.29) is 36.3 Å². The predicted molar refractivity (Wildman–Crippen MR) is 108 cm³/mol. The summed E-state index contributed by atoms with van der Waals surface area (Å²) in [5, 5.41) is 18.9. The van der Waals surface area contributed by atoms with Gasteiger partial charge in [-0.3, -0.25) is 9.10 Å². The molecule has 0 bridgehead atoms. The minimum absolute atomic E-state index is 0.0374. The number of ether oxygens (including phenoxy) is 2. The number of carbonyl (C=O) groups excluding carboxylic acids is 1. The molecule has 2 aromatic carbocycles. The smallest absolute Gasteiger partial charge is 0.486 e. The van der Waals surface area contributed by atoms with Crippen LogP contribution in [0.2, 0.25) is 0 Å². The fourth-order valence-corrected chi connectivity index (χ4v) is 4.75. The molecule has 0 aromatic heterocycles. The largest absolute Gasteiger partial charge is 0.488 e. The summed E-state index contributed by atoms with van der Waals surface area (Å²) >= 11 is 0. The number of hydrogen-bond donors (Lipinski definition) is 2. The van der Waals surface area contributed by atoms with Gasteiger partial charge in [-0.05, 0) is 42.2 Å². The summed E-state index contributed by atoms with van der Waals surface area (Å²) in [5.41, 5.74) is -1.24. The number of methoxy groups -OCH3 is 1. The van der Waals surface area contributed by atoms with E-state index in [9.17, 15) is 36.4 Å². The monoisotopic (exact) mass is 473 g/mol. The van der Waals surface area contributed by atoms with Crippen LogP contribution in [0.15, 0.2) is 47.4 Å². The van der Waals surface area contributed by atoms with Crippen molar-refractivity contribution in [3.05, 3.63) is 48.0 Å². The lowest BCUT2D eigenvalue weighted by molar-refractivity contribution is -0.141. The Morgan fingerprint density at radius 1 is 1.25 bits per heavy atom. The topological polar surface area (TPSA) is 113 Å². The maximum Gasteiger partial charge on any atom is 0.488 e.